The molecular weight excluding hydrogens is 368 g/mol. The number of nitrogens with zero attached hydrogens (tertiary/aromatic N) is 2. The molecule has 0 saturated carbocycles. The van der Waals surface area contributed by atoms with Crippen molar-refractivity contribution in [2.45, 2.75) is 30.8 Å². The van der Waals surface area contributed by atoms with E-state index in [9.17, 15) is 0 Å². The molecule has 0 spiro atoms. The van der Waals surface area contributed by atoms with E-state index in [1.54, 1.807) is 11.8 Å². The van der Waals surface area contributed by atoms with Gasteiger partial charge in [-0.25, -0.2) is 4.98 Å². The highest BCUT2D eigenvalue weighted by molar-refractivity contribution is 9.10. The highest BCUT2D eigenvalue weighted by Gasteiger charge is 2.14. The zero-order chi connectivity index (χ0) is 16.2. The van der Waals surface area contributed by atoms with E-state index >= 15 is 0 Å². The van der Waals surface area contributed by atoms with Crippen molar-refractivity contribution in [1.29, 1.82) is 0 Å². The fourth-order valence-electron chi connectivity index (χ4n) is 2.43. The van der Waals surface area contributed by atoms with Crippen LogP contribution in [-0.4, -0.2) is 14.8 Å². The predicted octanol–water partition coefficient (Wildman–Crippen LogP) is 5.86. The van der Waals surface area contributed by atoms with E-state index in [0.29, 0.717) is 5.25 Å². The van der Waals surface area contributed by atoms with Crippen LogP contribution in [0.2, 0.25) is 0 Å². The van der Waals surface area contributed by atoms with Gasteiger partial charge >= 0.3 is 0 Å². The number of benzene rings is 2. The maximum atomic E-state index is 4.67. The Hall–Kier alpha value is -1.52. The van der Waals surface area contributed by atoms with Gasteiger partial charge in [0.05, 0.1) is 18.4 Å². The maximum Gasteiger partial charge on any atom is 0.169 e. The minimum atomic E-state index is 0.504. The second-order valence-electron chi connectivity index (χ2n) is 5.67. The normalized spacial score (nSPS) is 11.1. The van der Waals surface area contributed by atoms with Crippen molar-refractivity contribution in [1.82, 2.24) is 9.55 Å². The minimum Gasteiger partial charge on any atom is -0.314 e. The molecule has 3 rings (SSSR count). The Labute approximate surface area is 150 Å². The van der Waals surface area contributed by atoms with Crippen molar-refractivity contribution in [2.24, 2.45) is 0 Å². The third-order valence-electron chi connectivity index (χ3n) is 3.48. The molecule has 23 heavy (non-hydrogen) atoms. The van der Waals surface area contributed by atoms with Crippen LogP contribution in [0.15, 0.2) is 70.4 Å². The molecule has 0 radical (unpaired) electrons. The second-order valence-corrected chi connectivity index (χ2v) is 8.13. The van der Waals surface area contributed by atoms with Crippen LogP contribution >= 0.6 is 27.7 Å². The number of hydrogen-bond donors (Lipinski definition) is 0. The molecule has 0 amide bonds. The molecule has 0 saturated heterocycles. The van der Waals surface area contributed by atoms with Crippen LogP contribution in [0.4, 0.5) is 0 Å². The third kappa shape index (κ3) is 4.06. The fraction of sp³-hybridized carbons (Fsp3) is 0.211. The number of hydrogen-bond acceptors (Lipinski definition) is 2. The topological polar surface area (TPSA) is 17.8 Å². The molecule has 118 valence electrons. The average molecular weight is 387 g/mol. The van der Waals surface area contributed by atoms with Crippen LogP contribution in [0.5, 0.6) is 0 Å². The Bertz CT molecular complexity index is 764. The lowest BCUT2D eigenvalue weighted by Gasteiger charge is -2.13. The van der Waals surface area contributed by atoms with Crippen LogP contribution < -0.4 is 0 Å². The van der Waals surface area contributed by atoms with Gasteiger partial charge in [-0.1, -0.05) is 84.0 Å². The third-order valence-corrected chi connectivity index (χ3v) is 5.02. The zero-order valence-electron chi connectivity index (χ0n) is 13.2. The molecule has 0 fully saturated rings. The Morgan fingerprint density at radius 1 is 1.04 bits per heavy atom. The molecule has 0 aliphatic carbocycles. The molecule has 0 unspecified atom stereocenters. The van der Waals surface area contributed by atoms with E-state index in [2.05, 4.69) is 93.9 Å². The smallest absolute Gasteiger partial charge is 0.169 e. The summed E-state index contributed by atoms with van der Waals surface area (Å²) in [5.74, 6) is 0. The summed E-state index contributed by atoms with van der Waals surface area (Å²) in [6, 6.07) is 19.0. The van der Waals surface area contributed by atoms with Crippen molar-refractivity contribution >= 4 is 27.7 Å². The summed E-state index contributed by atoms with van der Waals surface area (Å²) in [5.41, 5.74) is 3.63. The highest BCUT2D eigenvalue weighted by Crippen LogP contribution is 2.29. The van der Waals surface area contributed by atoms with E-state index in [0.717, 1.165) is 21.9 Å². The summed E-state index contributed by atoms with van der Waals surface area (Å²) in [7, 11) is 0. The molecule has 2 aromatic carbocycles. The Morgan fingerprint density at radius 3 is 2.39 bits per heavy atom. The standard InChI is InChI=1S/C19H19BrN2S/c1-14(2)23-19-21-12-18(16-8-10-17(20)11-9-16)22(19)13-15-6-4-3-5-7-15/h3-12,14H,13H2,1-2H3. The van der Waals surface area contributed by atoms with Crippen LogP contribution in [-0.2, 0) is 6.54 Å². The number of halogens is 1. The van der Waals surface area contributed by atoms with Crippen LogP contribution in [0.3, 0.4) is 0 Å². The van der Waals surface area contributed by atoms with E-state index < -0.39 is 0 Å². The van der Waals surface area contributed by atoms with Gasteiger partial charge in [0.2, 0.25) is 0 Å². The SMILES string of the molecule is CC(C)Sc1ncc(-c2ccc(Br)cc2)n1Cc1ccccc1. The summed E-state index contributed by atoms with van der Waals surface area (Å²) in [6.45, 7) is 5.23. The van der Waals surface area contributed by atoms with Crippen molar-refractivity contribution in [3.05, 3.63) is 70.8 Å². The van der Waals surface area contributed by atoms with Gasteiger partial charge in [0.15, 0.2) is 5.16 Å². The quantitative estimate of drug-likeness (QED) is 0.510. The first-order valence-corrected chi connectivity index (χ1v) is 9.33. The second kappa shape index (κ2) is 7.37. The van der Waals surface area contributed by atoms with E-state index in [-0.39, 0.29) is 0 Å². The van der Waals surface area contributed by atoms with Gasteiger partial charge in [-0.3, -0.25) is 0 Å². The number of imidazole rings is 1. The molecular formula is C19H19BrN2S. The molecule has 1 heterocycles. The van der Waals surface area contributed by atoms with Crippen molar-refractivity contribution in [2.75, 3.05) is 0 Å². The molecule has 1 aromatic heterocycles. The Balaban J connectivity index is 2.02. The first kappa shape index (κ1) is 16.3. The molecule has 0 bridgehead atoms. The van der Waals surface area contributed by atoms with E-state index in [1.165, 1.54) is 11.1 Å². The van der Waals surface area contributed by atoms with E-state index in [1.807, 2.05) is 6.20 Å². The molecule has 0 atom stereocenters. The lowest BCUT2D eigenvalue weighted by atomic mass is 10.1. The molecule has 0 N–H and O–H groups in total. The first-order chi connectivity index (χ1) is 11.1. The average Bonchev–Trinajstić information content (AvgIpc) is 2.91. The van der Waals surface area contributed by atoms with E-state index in [4.69, 9.17) is 0 Å². The van der Waals surface area contributed by atoms with Crippen molar-refractivity contribution in [3.8, 4) is 11.3 Å². The highest BCUT2D eigenvalue weighted by atomic mass is 79.9. The lowest BCUT2D eigenvalue weighted by molar-refractivity contribution is 0.713. The van der Waals surface area contributed by atoms with Gasteiger partial charge in [-0.15, -0.1) is 0 Å². The van der Waals surface area contributed by atoms with Gasteiger partial charge in [-0.2, -0.15) is 0 Å². The number of aromatic nitrogens is 2. The van der Waals surface area contributed by atoms with Gasteiger partial charge in [0.25, 0.3) is 0 Å². The van der Waals surface area contributed by atoms with Gasteiger partial charge in [-0.05, 0) is 23.3 Å². The molecule has 0 aliphatic heterocycles. The van der Waals surface area contributed by atoms with Crippen LogP contribution in [0, 0.1) is 0 Å². The van der Waals surface area contributed by atoms with Crippen molar-refractivity contribution < 1.29 is 0 Å². The number of thioether (sulfide) groups is 1. The van der Waals surface area contributed by atoms with Crippen LogP contribution in [0.25, 0.3) is 11.3 Å². The molecule has 4 heteroatoms. The summed E-state index contributed by atoms with van der Waals surface area (Å²) in [5, 5.41) is 1.58. The Morgan fingerprint density at radius 2 is 1.74 bits per heavy atom. The number of rotatable bonds is 5. The van der Waals surface area contributed by atoms with Crippen molar-refractivity contribution in [3.63, 3.8) is 0 Å². The monoisotopic (exact) mass is 386 g/mol. The summed E-state index contributed by atoms with van der Waals surface area (Å²) < 4.78 is 3.40. The predicted molar refractivity (Wildman–Crippen MR) is 102 cm³/mol. The van der Waals surface area contributed by atoms with Gasteiger partial charge in [0.1, 0.15) is 0 Å². The van der Waals surface area contributed by atoms with Gasteiger partial charge in [0, 0.05) is 9.72 Å². The summed E-state index contributed by atoms with van der Waals surface area (Å²) >= 11 is 5.31. The molecule has 0 aliphatic rings. The fourth-order valence-corrected chi connectivity index (χ4v) is 3.52. The minimum absolute atomic E-state index is 0.504. The Kier molecular flexibility index (Phi) is 5.23. The first-order valence-electron chi connectivity index (χ1n) is 7.65. The zero-order valence-corrected chi connectivity index (χ0v) is 15.6. The molecule has 2 nitrogen and oxygen atoms in total. The van der Waals surface area contributed by atoms with Gasteiger partial charge < -0.3 is 4.57 Å². The summed E-state index contributed by atoms with van der Waals surface area (Å²) in [4.78, 5) is 4.67. The summed E-state index contributed by atoms with van der Waals surface area (Å²) in [6.07, 6.45) is 1.98. The van der Waals surface area contributed by atoms with Crippen LogP contribution in [0.1, 0.15) is 19.4 Å². The largest absolute Gasteiger partial charge is 0.314 e. The maximum absolute atomic E-state index is 4.67. The molecule has 3 aromatic rings. The lowest BCUT2D eigenvalue weighted by Crippen LogP contribution is -2.05.